The van der Waals surface area contributed by atoms with Crippen molar-refractivity contribution < 1.29 is 4.79 Å². The first-order valence-electron chi connectivity index (χ1n) is 6.11. The molecule has 1 aliphatic carbocycles. The summed E-state index contributed by atoms with van der Waals surface area (Å²) in [5.74, 6) is 1.57. The topological polar surface area (TPSA) is 46.3 Å². The van der Waals surface area contributed by atoms with E-state index in [2.05, 4.69) is 13.8 Å². The molecule has 2 N–H and O–H groups in total. The second-order valence-electron chi connectivity index (χ2n) is 5.02. The third kappa shape index (κ3) is 5.17. The Kier molecular flexibility index (Phi) is 5.09. The van der Waals surface area contributed by atoms with Crippen molar-refractivity contribution in [1.82, 2.24) is 4.90 Å². The van der Waals surface area contributed by atoms with E-state index in [4.69, 9.17) is 5.73 Å². The van der Waals surface area contributed by atoms with Crippen LogP contribution in [0.4, 0.5) is 0 Å². The molecule has 1 fully saturated rings. The Hall–Kier alpha value is -0.570. The minimum atomic E-state index is 0.333. The minimum Gasteiger partial charge on any atom is -0.342 e. The van der Waals surface area contributed by atoms with Gasteiger partial charge in [0.1, 0.15) is 0 Å². The molecule has 15 heavy (non-hydrogen) atoms. The summed E-state index contributed by atoms with van der Waals surface area (Å²) < 4.78 is 0. The van der Waals surface area contributed by atoms with Crippen molar-refractivity contribution in [2.45, 2.75) is 39.5 Å². The molecule has 0 radical (unpaired) electrons. The monoisotopic (exact) mass is 212 g/mol. The summed E-state index contributed by atoms with van der Waals surface area (Å²) in [5.41, 5.74) is 5.48. The molecular formula is C12H24N2O. The van der Waals surface area contributed by atoms with Crippen LogP contribution in [0.5, 0.6) is 0 Å². The molecule has 88 valence electrons. The quantitative estimate of drug-likeness (QED) is 0.697. The van der Waals surface area contributed by atoms with Crippen molar-refractivity contribution >= 4 is 5.91 Å². The van der Waals surface area contributed by atoms with Gasteiger partial charge in [0, 0.05) is 19.5 Å². The molecule has 0 aliphatic heterocycles. The van der Waals surface area contributed by atoms with Crippen molar-refractivity contribution in [2.24, 2.45) is 17.6 Å². The van der Waals surface area contributed by atoms with Gasteiger partial charge in [-0.1, -0.05) is 13.8 Å². The summed E-state index contributed by atoms with van der Waals surface area (Å²) >= 11 is 0. The van der Waals surface area contributed by atoms with Crippen molar-refractivity contribution in [1.29, 1.82) is 0 Å². The summed E-state index contributed by atoms with van der Waals surface area (Å²) in [4.78, 5) is 13.9. The van der Waals surface area contributed by atoms with Crippen molar-refractivity contribution in [2.75, 3.05) is 19.6 Å². The molecule has 1 saturated carbocycles. The molecule has 1 rings (SSSR count). The fraction of sp³-hybridized carbons (Fsp3) is 0.917. The number of hydrogen-bond acceptors (Lipinski definition) is 2. The van der Waals surface area contributed by atoms with Gasteiger partial charge in [0.05, 0.1) is 0 Å². The molecule has 0 saturated heterocycles. The highest BCUT2D eigenvalue weighted by molar-refractivity contribution is 5.76. The molecule has 0 spiro atoms. The van der Waals surface area contributed by atoms with Gasteiger partial charge in [-0.05, 0) is 37.6 Å². The highest BCUT2D eigenvalue weighted by Crippen LogP contribution is 2.32. The minimum absolute atomic E-state index is 0.333. The third-order valence-electron chi connectivity index (χ3n) is 2.73. The number of hydrogen-bond donors (Lipinski definition) is 1. The van der Waals surface area contributed by atoms with E-state index in [1.807, 2.05) is 4.90 Å². The number of rotatable bonds is 7. The normalized spacial score (nSPS) is 15.7. The predicted octanol–water partition coefficient (Wildman–Crippen LogP) is 1.62. The van der Waals surface area contributed by atoms with Crippen LogP contribution in [0.25, 0.3) is 0 Å². The number of carbonyl (C=O) groups is 1. The zero-order valence-corrected chi connectivity index (χ0v) is 10.0. The maximum Gasteiger partial charge on any atom is 0.222 e. The Morgan fingerprint density at radius 2 is 2.13 bits per heavy atom. The molecule has 3 heteroatoms. The molecule has 1 amide bonds. The van der Waals surface area contributed by atoms with Crippen LogP contribution in [-0.4, -0.2) is 30.4 Å². The van der Waals surface area contributed by atoms with Gasteiger partial charge >= 0.3 is 0 Å². The van der Waals surface area contributed by atoms with E-state index >= 15 is 0 Å². The van der Waals surface area contributed by atoms with Crippen LogP contribution in [0.2, 0.25) is 0 Å². The van der Waals surface area contributed by atoms with Crippen LogP contribution in [0.1, 0.15) is 39.5 Å². The van der Waals surface area contributed by atoms with Crippen molar-refractivity contribution in [3.8, 4) is 0 Å². The average molecular weight is 212 g/mol. The Morgan fingerprint density at radius 1 is 1.47 bits per heavy atom. The highest BCUT2D eigenvalue weighted by atomic mass is 16.2. The van der Waals surface area contributed by atoms with Crippen LogP contribution in [0.3, 0.4) is 0 Å². The number of carbonyl (C=O) groups excluding carboxylic acids is 1. The zero-order valence-electron chi connectivity index (χ0n) is 10.0. The number of nitrogens with two attached hydrogens (primary N) is 1. The maximum absolute atomic E-state index is 11.9. The molecule has 0 atom stereocenters. The molecule has 3 nitrogen and oxygen atoms in total. The second-order valence-corrected chi connectivity index (χ2v) is 5.02. The van der Waals surface area contributed by atoms with Gasteiger partial charge in [-0.15, -0.1) is 0 Å². The molecule has 0 aromatic rings. The van der Waals surface area contributed by atoms with Crippen molar-refractivity contribution in [3.63, 3.8) is 0 Å². The molecule has 0 bridgehead atoms. The number of amides is 1. The van der Waals surface area contributed by atoms with Crippen LogP contribution in [0.15, 0.2) is 0 Å². The van der Waals surface area contributed by atoms with E-state index in [1.165, 1.54) is 12.8 Å². The molecule has 0 heterocycles. The first kappa shape index (κ1) is 12.5. The Balaban J connectivity index is 2.33. The lowest BCUT2D eigenvalue weighted by atomic mass is 10.1. The summed E-state index contributed by atoms with van der Waals surface area (Å²) in [6.07, 6.45) is 4.18. The standard InChI is InChI=1S/C12H24N2O/c1-10(2)9-14(7-3-6-13)12(15)8-11-4-5-11/h10-11H,3-9,13H2,1-2H3. The first-order chi connectivity index (χ1) is 7.13. The van der Waals surface area contributed by atoms with E-state index in [0.29, 0.717) is 24.3 Å². The lowest BCUT2D eigenvalue weighted by molar-refractivity contribution is -0.132. The summed E-state index contributed by atoms with van der Waals surface area (Å²) in [6, 6.07) is 0. The van der Waals surface area contributed by atoms with Gasteiger partial charge in [0.15, 0.2) is 0 Å². The second kappa shape index (κ2) is 6.11. The van der Waals surface area contributed by atoms with Crippen LogP contribution < -0.4 is 5.73 Å². The molecule has 0 aromatic carbocycles. The van der Waals surface area contributed by atoms with Gasteiger partial charge in [0.25, 0.3) is 0 Å². The van der Waals surface area contributed by atoms with E-state index < -0.39 is 0 Å². The molecule has 0 unspecified atom stereocenters. The average Bonchev–Trinajstić information content (AvgIpc) is 2.95. The fourth-order valence-corrected chi connectivity index (χ4v) is 1.74. The lowest BCUT2D eigenvalue weighted by Gasteiger charge is -2.24. The van der Waals surface area contributed by atoms with Gasteiger partial charge in [-0.25, -0.2) is 0 Å². The van der Waals surface area contributed by atoms with E-state index in [9.17, 15) is 4.79 Å². The Morgan fingerprint density at radius 3 is 2.60 bits per heavy atom. The zero-order chi connectivity index (χ0) is 11.3. The van der Waals surface area contributed by atoms with Gasteiger partial charge in [-0.3, -0.25) is 4.79 Å². The Labute approximate surface area is 93.0 Å². The first-order valence-corrected chi connectivity index (χ1v) is 6.11. The summed E-state index contributed by atoms with van der Waals surface area (Å²) in [5, 5.41) is 0. The van der Waals surface area contributed by atoms with Crippen LogP contribution in [0, 0.1) is 11.8 Å². The molecular weight excluding hydrogens is 188 g/mol. The summed E-state index contributed by atoms with van der Waals surface area (Å²) in [6.45, 7) is 6.69. The van der Waals surface area contributed by atoms with E-state index in [1.54, 1.807) is 0 Å². The Bertz CT molecular complexity index is 200. The van der Waals surface area contributed by atoms with Crippen LogP contribution >= 0.6 is 0 Å². The summed E-state index contributed by atoms with van der Waals surface area (Å²) in [7, 11) is 0. The molecule has 1 aliphatic rings. The van der Waals surface area contributed by atoms with Crippen molar-refractivity contribution in [3.05, 3.63) is 0 Å². The third-order valence-corrected chi connectivity index (χ3v) is 2.73. The maximum atomic E-state index is 11.9. The van der Waals surface area contributed by atoms with E-state index in [0.717, 1.165) is 25.9 Å². The van der Waals surface area contributed by atoms with Gasteiger partial charge in [-0.2, -0.15) is 0 Å². The fourth-order valence-electron chi connectivity index (χ4n) is 1.74. The lowest BCUT2D eigenvalue weighted by Crippen LogP contribution is -2.36. The predicted molar refractivity (Wildman–Crippen MR) is 62.4 cm³/mol. The molecule has 0 aromatic heterocycles. The van der Waals surface area contributed by atoms with Gasteiger partial charge in [0.2, 0.25) is 5.91 Å². The largest absolute Gasteiger partial charge is 0.342 e. The van der Waals surface area contributed by atoms with E-state index in [-0.39, 0.29) is 0 Å². The van der Waals surface area contributed by atoms with Crippen LogP contribution in [-0.2, 0) is 4.79 Å². The smallest absolute Gasteiger partial charge is 0.222 e. The highest BCUT2D eigenvalue weighted by Gasteiger charge is 2.26. The van der Waals surface area contributed by atoms with Gasteiger partial charge < -0.3 is 10.6 Å². The number of nitrogens with zero attached hydrogens (tertiary/aromatic N) is 1. The SMILES string of the molecule is CC(C)CN(CCCN)C(=O)CC1CC1.